The second-order valence-corrected chi connectivity index (χ2v) is 11.0. The van der Waals surface area contributed by atoms with Crippen molar-refractivity contribution in [2.45, 2.75) is 64.3 Å². The van der Waals surface area contributed by atoms with Crippen LogP contribution in [0.3, 0.4) is 0 Å². The van der Waals surface area contributed by atoms with Gasteiger partial charge < -0.3 is 0 Å². The Balaban J connectivity index is 1.50. The molecular weight excluding hydrogens is 398 g/mol. The fraction of sp³-hybridized carbons (Fsp3) is 0.667. The van der Waals surface area contributed by atoms with E-state index in [0.717, 1.165) is 17.8 Å². The number of nitrogens with zero attached hydrogens (tertiary/aromatic N) is 4. The number of amides is 1. The molecule has 1 aliphatic heterocycles. The summed E-state index contributed by atoms with van der Waals surface area (Å²) >= 11 is 1.45. The van der Waals surface area contributed by atoms with E-state index in [9.17, 15) is 13.2 Å². The molecule has 2 aliphatic rings. The van der Waals surface area contributed by atoms with E-state index >= 15 is 0 Å². The number of hydrogen-bond acceptors (Lipinski definition) is 7. The van der Waals surface area contributed by atoms with Gasteiger partial charge in [0.05, 0.1) is 28.8 Å². The zero-order valence-corrected chi connectivity index (χ0v) is 17.8. The molecule has 3 heterocycles. The van der Waals surface area contributed by atoms with E-state index in [4.69, 9.17) is 0 Å². The molecule has 0 aromatic carbocycles. The quantitative estimate of drug-likeness (QED) is 0.810. The van der Waals surface area contributed by atoms with Crippen molar-refractivity contribution in [2.75, 3.05) is 16.8 Å². The molecule has 4 rings (SSSR count). The maximum Gasteiger partial charge on any atom is 0.261 e. The maximum absolute atomic E-state index is 12.9. The second-order valence-electron chi connectivity index (χ2n) is 7.78. The van der Waals surface area contributed by atoms with Gasteiger partial charge in [-0.3, -0.25) is 14.8 Å². The number of rotatable bonds is 4. The first-order chi connectivity index (χ1) is 13.3. The number of hydrogen-bond donors (Lipinski definition) is 1. The zero-order valence-electron chi connectivity index (χ0n) is 16.1. The first-order valence-corrected chi connectivity index (χ1v) is 12.4. The predicted molar refractivity (Wildman–Crippen MR) is 108 cm³/mol. The Labute approximate surface area is 168 Å². The van der Waals surface area contributed by atoms with Crippen molar-refractivity contribution in [1.29, 1.82) is 0 Å². The Morgan fingerprint density at radius 1 is 1.14 bits per heavy atom. The molecule has 0 bridgehead atoms. The van der Waals surface area contributed by atoms with Crippen LogP contribution in [0, 0.1) is 13.8 Å². The van der Waals surface area contributed by atoms with E-state index in [0.29, 0.717) is 34.4 Å². The Morgan fingerprint density at radius 2 is 1.89 bits per heavy atom. The number of nitrogens with one attached hydrogen (secondary N) is 1. The van der Waals surface area contributed by atoms with Gasteiger partial charge in [0.1, 0.15) is 5.01 Å². The number of carbonyl (C=O) groups is 1. The van der Waals surface area contributed by atoms with Crippen LogP contribution < -0.4 is 5.32 Å². The zero-order chi connectivity index (χ0) is 19.9. The average Bonchev–Trinajstić information content (AvgIpc) is 3.33. The molecule has 1 N–H and O–H groups in total. The van der Waals surface area contributed by atoms with E-state index in [2.05, 4.69) is 20.6 Å². The smallest absolute Gasteiger partial charge is 0.261 e. The van der Waals surface area contributed by atoms with Gasteiger partial charge in [0, 0.05) is 11.6 Å². The maximum atomic E-state index is 12.9. The minimum absolute atomic E-state index is 0.0805. The minimum atomic E-state index is -3.02. The van der Waals surface area contributed by atoms with Crippen LogP contribution in [0.15, 0.2) is 0 Å². The lowest BCUT2D eigenvalue weighted by Gasteiger charge is -2.18. The van der Waals surface area contributed by atoms with Gasteiger partial charge in [0.15, 0.2) is 9.84 Å². The number of sulfone groups is 1. The van der Waals surface area contributed by atoms with Crippen LogP contribution in [-0.2, 0) is 9.84 Å². The Kier molecular flexibility index (Phi) is 5.26. The summed E-state index contributed by atoms with van der Waals surface area (Å²) < 4.78 is 25.3. The van der Waals surface area contributed by atoms with Gasteiger partial charge in [-0.1, -0.05) is 30.6 Å². The SMILES string of the molecule is Cc1nn([C@H]2CCS(=O)(=O)C2)c(C)c1C(=O)Nc1nnc(C2CCCCC2)s1. The molecule has 1 saturated carbocycles. The van der Waals surface area contributed by atoms with E-state index in [1.165, 1.54) is 30.6 Å². The van der Waals surface area contributed by atoms with Crippen LogP contribution in [0.2, 0.25) is 0 Å². The highest BCUT2D eigenvalue weighted by atomic mass is 32.2. The summed E-state index contributed by atoms with van der Waals surface area (Å²) in [6, 6.07) is -0.204. The van der Waals surface area contributed by atoms with Gasteiger partial charge in [0.25, 0.3) is 5.91 Å². The van der Waals surface area contributed by atoms with E-state index in [1.54, 1.807) is 11.6 Å². The minimum Gasteiger partial charge on any atom is -0.296 e. The molecule has 28 heavy (non-hydrogen) atoms. The number of aryl methyl sites for hydroxylation is 1. The third-order valence-corrected chi connectivity index (χ3v) is 8.47. The fourth-order valence-corrected chi connectivity index (χ4v) is 6.87. The molecule has 152 valence electrons. The van der Waals surface area contributed by atoms with Crippen LogP contribution in [0.4, 0.5) is 5.13 Å². The van der Waals surface area contributed by atoms with Crippen LogP contribution >= 0.6 is 11.3 Å². The molecule has 10 heteroatoms. The van der Waals surface area contributed by atoms with Crippen molar-refractivity contribution in [3.05, 3.63) is 22.0 Å². The van der Waals surface area contributed by atoms with Crippen molar-refractivity contribution < 1.29 is 13.2 Å². The molecule has 2 fully saturated rings. The third-order valence-electron chi connectivity index (χ3n) is 5.72. The van der Waals surface area contributed by atoms with E-state index in [-0.39, 0.29) is 23.5 Å². The second kappa shape index (κ2) is 7.55. The van der Waals surface area contributed by atoms with E-state index in [1.807, 2.05) is 6.92 Å². The topological polar surface area (TPSA) is 107 Å². The summed E-state index contributed by atoms with van der Waals surface area (Å²) in [5, 5.41) is 17.2. The molecule has 1 saturated heterocycles. The highest BCUT2D eigenvalue weighted by molar-refractivity contribution is 7.91. The Hall–Kier alpha value is -1.81. The van der Waals surface area contributed by atoms with Gasteiger partial charge in [-0.2, -0.15) is 5.10 Å². The summed E-state index contributed by atoms with van der Waals surface area (Å²) in [6.45, 7) is 3.59. The lowest BCUT2D eigenvalue weighted by atomic mass is 9.90. The molecule has 8 nitrogen and oxygen atoms in total. The highest BCUT2D eigenvalue weighted by Gasteiger charge is 2.32. The molecular formula is C18H25N5O3S2. The van der Waals surface area contributed by atoms with Crippen molar-refractivity contribution >= 4 is 32.2 Å². The van der Waals surface area contributed by atoms with E-state index < -0.39 is 9.84 Å². The van der Waals surface area contributed by atoms with Gasteiger partial charge >= 0.3 is 0 Å². The Bertz CT molecular complexity index is 989. The van der Waals surface area contributed by atoms with Gasteiger partial charge in [-0.05, 0) is 33.1 Å². The first-order valence-electron chi connectivity index (χ1n) is 9.75. The molecule has 0 radical (unpaired) electrons. The normalized spacial score (nSPS) is 22.4. The van der Waals surface area contributed by atoms with Crippen molar-refractivity contribution in [1.82, 2.24) is 20.0 Å². The Morgan fingerprint density at radius 3 is 2.57 bits per heavy atom. The summed E-state index contributed by atoms with van der Waals surface area (Å²) in [7, 11) is -3.02. The summed E-state index contributed by atoms with van der Waals surface area (Å²) in [6.07, 6.45) is 6.53. The monoisotopic (exact) mass is 423 g/mol. The predicted octanol–water partition coefficient (Wildman–Crippen LogP) is 3.01. The molecule has 1 amide bonds. The summed E-state index contributed by atoms with van der Waals surface area (Å²) in [4.78, 5) is 12.9. The van der Waals surface area contributed by atoms with Crippen LogP contribution in [0.5, 0.6) is 0 Å². The summed E-state index contributed by atoms with van der Waals surface area (Å²) in [5.74, 6) is 0.435. The van der Waals surface area contributed by atoms with Crippen molar-refractivity contribution in [2.24, 2.45) is 0 Å². The summed E-state index contributed by atoms with van der Waals surface area (Å²) in [5.41, 5.74) is 1.77. The third kappa shape index (κ3) is 3.84. The van der Waals surface area contributed by atoms with Crippen molar-refractivity contribution in [3.8, 4) is 0 Å². The molecule has 1 aliphatic carbocycles. The number of carbonyl (C=O) groups excluding carboxylic acids is 1. The number of anilines is 1. The average molecular weight is 424 g/mol. The standard InChI is InChI=1S/C18H25N5O3S2/c1-11-15(12(2)23(22-11)14-8-9-28(25,26)10-14)16(24)19-18-21-20-17(27-18)13-6-4-3-5-7-13/h13-14H,3-10H2,1-2H3,(H,19,21,24)/t14-/m0/s1. The van der Waals surface area contributed by atoms with Gasteiger partial charge in [0.2, 0.25) is 5.13 Å². The van der Waals surface area contributed by atoms with Crippen LogP contribution in [0.25, 0.3) is 0 Å². The molecule has 1 atom stereocenters. The van der Waals surface area contributed by atoms with Crippen LogP contribution in [0.1, 0.15) is 77.2 Å². The molecule has 2 aromatic rings. The largest absolute Gasteiger partial charge is 0.296 e. The fourth-order valence-electron chi connectivity index (χ4n) is 4.27. The highest BCUT2D eigenvalue weighted by Crippen LogP contribution is 2.35. The molecule has 0 unspecified atom stereocenters. The number of aromatic nitrogens is 4. The lowest BCUT2D eigenvalue weighted by Crippen LogP contribution is -2.16. The van der Waals surface area contributed by atoms with Gasteiger partial charge in [-0.15, -0.1) is 10.2 Å². The molecule has 2 aromatic heterocycles. The lowest BCUT2D eigenvalue weighted by molar-refractivity contribution is 0.102. The first kappa shape index (κ1) is 19.5. The van der Waals surface area contributed by atoms with Crippen molar-refractivity contribution in [3.63, 3.8) is 0 Å². The van der Waals surface area contributed by atoms with Crippen LogP contribution in [-0.4, -0.2) is 45.8 Å². The van der Waals surface area contributed by atoms with Gasteiger partial charge in [-0.25, -0.2) is 8.42 Å². The molecule has 0 spiro atoms.